The Balaban J connectivity index is 1.81. The molecule has 33 heavy (non-hydrogen) atoms. The highest BCUT2D eigenvalue weighted by molar-refractivity contribution is 9.10. The maximum absolute atomic E-state index is 13.3. The van der Waals surface area contributed by atoms with Crippen LogP contribution in [0.5, 0.6) is 0 Å². The van der Waals surface area contributed by atoms with Crippen molar-refractivity contribution in [2.75, 3.05) is 0 Å². The van der Waals surface area contributed by atoms with Crippen LogP contribution in [0.1, 0.15) is 47.9 Å². The number of ether oxygens (including phenoxy) is 1. The molecule has 2 N–H and O–H groups in total. The molecule has 0 bridgehead atoms. The molecule has 0 saturated carbocycles. The fourth-order valence-corrected chi connectivity index (χ4v) is 4.75. The number of nitrogens with one attached hydrogen (secondary N) is 2. The van der Waals surface area contributed by atoms with Gasteiger partial charge in [0.05, 0.1) is 0 Å². The zero-order valence-electron chi connectivity index (χ0n) is 18.4. The molecule has 0 aliphatic carbocycles. The van der Waals surface area contributed by atoms with E-state index in [0.29, 0.717) is 17.5 Å². The lowest BCUT2D eigenvalue weighted by Gasteiger charge is -2.32. The summed E-state index contributed by atoms with van der Waals surface area (Å²) in [5, 5.41) is 0. The highest BCUT2D eigenvalue weighted by Gasteiger charge is 2.57. The van der Waals surface area contributed by atoms with Gasteiger partial charge in [-0.2, -0.15) is 0 Å². The van der Waals surface area contributed by atoms with Crippen LogP contribution in [0.4, 0.5) is 0 Å². The summed E-state index contributed by atoms with van der Waals surface area (Å²) >= 11 is 6.65. The summed E-state index contributed by atoms with van der Waals surface area (Å²) in [6.45, 7) is 5.23. The van der Waals surface area contributed by atoms with E-state index in [1.165, 1.54) is 0 Å². The molecule has 1 aliphatic rings. The Morgan fingerprint density at radius 1 is 0.939 bits per heavy atom. The Hall–Kier alpha value is -2.52. The summed E-state index contributed by atoms with van der Waals surface area (Å²) in [6.07, 6.45) is 0.411. The molecule has 0 unspecified atom stereocenters. The first-order valence-corrected chi connectivity index (χ1v) is 12.0. The summed E-state index contributed by atoms with van der Waals surface area (Å²) in [4.78, 5) is 51.4. The average Bonchev–Trinajstić information content (AvgIpc) is 3.01. The van der Waals surface area contributed by atoms with Gasteiger partial charge in [0, 0.05) is 31.9 Å². The number of amides is 2. The van der Waals surface area contributed by atoms with Gasteiger partial charge in [0.25, 0.3) is 11.8 Å². The van der Waals surface area contributed by atoms with Crippen LogP contribution in [-0.2, 0) is 14.3 Å². The van der Waals surface area contributed by atoms with Gasteiger partial charge in [-0.25, -0.2) is 0 Å². The molecule has 2 aromatic rings. The first-order valence-electron chi connectivity index (χ1n) is 10.4. The third-order valence-electron chi connectivity index (χ3n) is 5.81. The summed E-state index contributed by atoms with van der Waals surface area (Å²) in [7, 11) is 0. The second kappa shape index (κ2) is 10.2. The van der Waals surface area contributed by atoms with E-state index in [4.69, 9.17) is 4.74 Å². The van der Waals surface area contributed by atoms with E-state index in [1.54, 1.807) is 62.4 Å². The van der Waals surface area contributed by atoms with E-state index in [0.717, 1.165) is 8.95 Å². The van der Waals surface area contributed by atoms with Crippen molar-refractivity contribution >= 4 is 55.4 Å². The monoisotopic (exact) mass is 578 g/mol. The molecule has 0 aromatic heterocycles. The lowest BCUT2D eigenvalue weighted by Crippen LogP contribution is -2.49. The Morgan fingerprint density at radius 2 is 1.45 bits per heavy atom. The predicted octanol–water partition coefficient (Wildman–Crippen LogP) is 4.45. The van der Waals surface area contributed by atoms with Crippen LogP contribution in [0.2, 0.25) is 0 Å². The molecule has 2 amide bonds. The fourth-order valence-electron chi connectivity index (χ4n) is 4.23. The van der Waals surface area contributed by atoms with E-state index in [2.05, 4.69) is 42.7 Å². The molecule has 1 fully saturated rings. The van der Waals surface area contributed by atoms with Gasteiger partial charge in [-0.1, -0.05) is 50.9 Å². The first-order chi connectivity index (χ1) is 15.5. The van der Waals surface area contributed by atoms with E-state index >= 15 is 0 Å². The number of carbonyl (C=O) groups is 4. The minimum absolute atomic E-state index is 0.168. The molecular weight excluding hydrogens is 556 g/mol. The fraction of sp³-hybridized carbons (Fsp3) is 0.333. The van der Waals surface area contributed by atoms with Crippen LogP contribution < -0.4 is 10.9 Å². The minimum atomic E-state index is -1.24. The highest BCUT2D eigenvalue weighted by Crippen LogP contribution is 2.44. The smallest absolute Gasteiger partial charge is 0.319 e. The minimum Gasteiger partial charge on any atom is -0.459 e. The number of hydrogen-bond acceptors (Lipinski definition) is 5. The van der Waals surface area contributed by atoms with E-state index in [9.17, 15) is 19.2 Å². The molecule has 0 radical (unpaired) electrons. The summed E-state index contributed by atoms with van der Waals surface area (Å²) in [5.41, 5.74) is 4.45. The molecule has 7 nitrogen and oxygen atoms in total. The van der Waals surface area contributed by atoms with Crippen molar-refractivity contribution in [2.45, 2.75) is 32.8 Å². The van der Waals surface area contributed by atoms with E-state index < -0.39 is 41.1 Å². The molecule has 1 saturated heterocycles. The normalized spacial score (nSPS) is 20.0. The van der Waals surface area contributed by atoms with E-state index in [-0.39, 0.29) is 5.78 Å². The van der Waals surface area contributed by atoms with Crippen molar-refractivity contribution in [1.29, 1.82) is 0 Å². The van der Waals surface area contributed by atoms with Gasteiger partial charge >= 0.3 is 5.97 Å². The van der Waals surface area contributed by atoms with Gasteiger partial charge in [0.1, 0.15) is 11.5 Å². The van der Waals surface area contributed by atoms with Crippen molar-refractivity contribution in [3.63, 3.8) is 0 Å². The number of ketones is 1. The number of benzene rings is 2. The number of cyclic esters (lactones) is 1. The molecule has 1 aliphatic heterocycles. The second-order valence-corrected chi connectivity index (χ2v) is 10.2. The molecule has 1 heterocycles. The molecule has 2 aromatic carbocycles. The SMILES string of the molecule is CC[C@H](C(=O)c1ccc(Br)cc1)[C@@H]1[C@@H](C(=O)NNC(=O)c2ccc(Br)cc2)C(=O)OC1(C)C. The van der Waals surface area contributed by atoms with Crippen LogP contribution in [-0.4, -0.2) is 29.2 Å². The number of hydrazine groups is 1. The Kier molecular flexibility index (Phi) is 7.74. The third kappa shape index (κ3) is 5.52. The van der Waals surface area contributed by atoms with Crippen molar-refractivity contribution in [1.82, 2.24) is 10.9 Å². The highest BCUT2D eigenvalue weighted by atomic mass is 79.9. The zero-order valence-corrected chi connectivity index (χ0v) is 21.5. The summed E-state index contributed by atoms with van der Waals surface area (Å²) in [5.74, 6) is -4.73. The topological polar surface area (TPSA) is 102 Å². The third-order valence-corrected chi connectivity index (χ3v) is 6.86. The lowest BCUT2D eigenvalue weighted by atomic mass is 9.70. The van der Waals surface area contributed by atoms with Crippen LogP contribution in [0.3, 0.4) is 0 Å². The Labute approximate surface area is 208 Å². The summed E-state index contributed by atoms with van der Waals surface area (Å²) < 4.78 is 7.16. The number of rotatable bonds is 6. The zero-order chi connectivity index (χ0) is 24.3. The Bertz CT molecular complexity index is 1070. The first kappa shape index (κ1) is 25.1. The average molecular weight is 580 g/mol. The van der Waals surface area contributed by atoms with Gasteiger partial charge in [-0.05, 0) is 56.7 Å². The molecule has 9 heteroatoms. The quantitative estimate of drug-likeness (QED) is 0.228. The van der Waals surface area contributed by atoms with Gasteiger partial charge in [0.15, 0.2) is 5.78 Å². The van der Waals surface area contributed by atoms with Gasteiger partial charge < -0.3 is 4.74 Å². The lowest BCUT2D eigenvalue weighted by molar-refractivity contribution is -0.150. The molecule has 3 atom stereocenters. The van der Waals surface area contributed by atoms with Crippen LogP contribution in [0.15, 0.2) is 57.5 Å². The molecular formula is C24H24Br2N2O5. The standard InChI is InChI=1S/C24H24Br2N2O5/c1-4-17(20(29)13-5-9-15(25)10-6-13)19-18(23(32)33-24(19,2)3)22(31)28-27-21(30)14-7-11-16(26)12-8-14/h5-12,17-19H,4H2,1-3H3,(H,27,30)(H,28,31)/t17-,18-,19+/m0/s1. The number of Topliss-reactive ketones (excluding diaryl/α,β-unsaturated/α-hetero) is 1. The van der Waals surface area contributed by atoms with Crippen LogP contribution >= 0.6 is 31.9 Å². The van der Waals surface area contributed by atoms with Gasteiger partial charge in [0.2, 0.25) is 0 Å². The maximum Gasteiger partial charge on any atom is 0.319 e. The van der Waals surface area contributed by atoms with Crippen LogP contribution in [0, 0.1) is 17.8 Å². The largest absolute Gasteiger partial charge is 0.459 e. The maximum atomic E-state index is 13.3. The van der Waals surface area contributed by atoms with Crippen molar-refractivity contribution in [3.05, 3.63) is 68.6 Å². The Morgan fingerprint density at radius 3 is 1.97 bits per heavy atom. The second-order valence-electron chi connectivity index (χ2n) is 8.36. The van der Waals surface area contributed by atoms with Crippen molar-refractivity contribution in [2.24, 2.45) is 17.8 Å². The van der Waals surface area contributed by atoms with Crippen LogP contribution in [0.25, 0.3) is 0 Å². The number of carbonyl (C=O) groups excluding carboxylic acids is 4. The molecule has 174 valence electrons. The predicted molar refractivity (Wildman–Crippen MR) is 129 cm³/mol. The molecule has 0 spiro atoms. The van der Waals surface area contributed by atoms with E-state index in [1.807, 2.05) is 6.92 Å². The number of hydrogen-bond donors (Lipinski definition) is 2. The number of halogens is 2. The van der Waals surface area contributed by atoms with Gasteiger partial charge in [-0.3, -0.25) is 30.0 Å². The van der Waals surface area contributed by atoms with Crippen molar-refractivity contribution in [3.8, 4) is 0 Å². The number of esters is 1. The van der Waals surface area contributed by atoms with Gasteiger partial charge in [-0.15, -0.1) is 0 Å². The molecule has 3 rings (SSSR count). The van der Waals surface area contributed by atoms with Crippen molar-refractivity contribution < 1.29 is 23.9 Å². The summed E-state index contributed by atoms with van der Waals surface area (Å²) in [6, 6.07) is 13.5.